The predicted octanol–water partition coefficient (Wildman–Crippen LogP) is 4.18. The number of hydrogen-bond donors (Lipinski definition) is 1. The highest BCUT2D eigenvalue weighted by Gasteiger charge is 2.15. The average Bonchev–Trinajstić information content (AvgIpc) is 2.59. The molecule has 1 N–H and O–H groups in total. The van der Waals surface area contributed by atoms with Gasteiger partial charge in [-0.3, -0.25) is 0 Å². The highest BCUT2D eigenvalue weighted by atomic mass is 32.2. The summed E-state index contributed by atoms with van der Waals surface area (Å²) in [6.07, 6.45) is 4.84. The summed E-state index contributed by atoms with van der Waals surface area (Å²) in [4.78, 5) is 2.49. The maximum absolute atomic E-state index is 12.3. The van der Waals surface area contributed by atoms with Crippen molar-refractivity contribution in [3.63, 3.8) is 0 Å². The Morgan fingerprint density at radius 3 is 2.46 bits per heavy atom. The third-order valence-electron chi connectivity index (χ3n) is 3.90. The molecular weight excluding hydrogens is 348 g/mol. The van der Waals surface area contributed by atoms with Crippen LogP contribution in [0.5, 0.6) is 5.75 Å². The topological polar surface area (TPSA) is 67.8 Å². The lowest BCUT2D eigenvalue weighted by Gasteiger charge is -2.07. The van der Waals surface area contributed by atoms with E-state index in [1.807, 2.05) is 37.3 Å². The van der Waals surface area contributed by atoms with Crippen LogP contribution in [-0.2, 0) is 10.0 Å². The molecule has 0 bridgehead atoms. The lowest BCUT2D eigenvalue weighted by molar-refractivity contribution is 0.306. The Hall–Kier alpha value is -2.34. The van der Waals surface area contributed by atoms with E-state index in [9.17, 15) is 8.42 Å². The van der Waals surface area contributed by atoms with Gasteiger partial charge in [0.05, 0.1) is 17.7 Å². The van der Waals surface area contributed by atoms with Gasteiger partial charge >= 0.3 is 0 Å². The van der Waals surface area contributed by atoms with Gasteiger partial charge in [-0.15, -0.1) is 0 Å². The van der Waals surface area contributed by atoms with Crippen molar-refractivity contribution in [2.24, 2.45) is 5.10 Å². The van der Waals surface area contributed by atoms with E-state index in [0.29, 0.717) is 12.2 Å². The number of ether oxygens (including phenoxy) is 1. The number of hydrogen-bond acceptors (Lipinski definition) is 4. The minimum absolute atomic E-state index is 0.232. The number of sulfonamides is 1. The lowest BCUT2D eigenvalue weighted by atomic mass is 10.2. The molecule has 6 heteroatoms. The number of rotatable bonds is 9. The third kappa shape index (κ3) is 5.88. The molecule has 0 aliphatic heterocycles. The van der Waals surface area contributed by atoms with Crippen LogP contribution in [0.25, 0.3) is 0 Å². The van der Waals surface area contributed by atoms with Gasteiger partial charge in [-0.2, -0.15) is 13.5 Å². The first-order chi connectivity index (χ1) is 12.4. The number of nitrogens with one attached hydrogen (secondary N) is 1. The first-order valence-electron chi connectivity index (χ1n) is 8.77. The standard InChI is InChI=1S/C20H26N2O3S/c1-4-5-6-13-25-19-10-8-18(9-11-19)15-21-22-26(23,24)20-12-7-16(2)14-17(20)3/h7-12,14-15,22H,4-6,13H2,1-3H3/b21-15+. The van der Waals surface area contributed by atoms with Crippen LogP contribution in [0, 0.1) is 13.8 Å². The Bertz CT molecular complexity index is 844. The second kappa shape index (κ2) is 9.38. The van der Waals surface area contributed by atoms with Crippen LogP contribution in [-0.4, -0.2) is 21.2 Å². The van der Waals surface area contributed by atoms with E-state index in [0.717, 1.165) is 36.1 Å². The minimum atomic E-state index is -3.68. The van der Waals surface area contributed by atoms with Crippen LogP contribution < -0.4 is 9.57 Å². The van der Waals surface area contributed by atoms with E-state index in [-0.39, 0.29) is 4.90 Å². The molecule has 0 atom stereocenters. The van der Waals surface area contributed by atoms with E-state index in [2.05, 4.69) is 16.9 Å². The van der Waals surface area contributed by atoms with Gasteiger partial charge in [0.1, 0.15) is 5.75 Å². The molecule has 0 heterocycles. The molecule has 0 aromatic heterocycles. The average molecular weight is 375 g/mol. The first-order valence-corrected chi connectivity index (χ1v) is 10.3. The second-order valence-electron chi connectivity index (χ2n) is 6.25. The molecule has 2 aromatic carbocycles. The third-order valence-corrected chi connectivity index (χ3v) is 5.29. The molecule has 140 valence electrons. The van der Waals surface area contributed by atoms with Gasteiger partial charge in [0.25, 0.3) is 10.0 Å². The number of nitrogens with zero attached hydrogens (tertiary/aromatic N) is 1. The molecule has 2 rings (SSSR count). The molecule has 0 spiro atoms. The molecule has 5 nitrogen and oxygen atoms in total. The molecule has 2 aromatic rings. The van der Waals surface area contributed by atoms with Crippen LogP contribution >= 0.6 is 0 Å². The molecule has 0 unspecified atom stereocenters. The molecule has 0 saturated heterocycles. The van der Waals surface area contributed by atoms with Gasteiger partial charge < -0.3 is 4.74 Å². The van der Waals surface area contributed by atoms with Crippen LogP contribution in [0.2, 0.25) is 0 Å². The van der Waals surface area contributed by atoms with E-state index >= 15 is 0 Å². The zero-order valence-electron chi connectivity index (χ0n) is 15.5. The summed E-state index contributed by atoms with van der Waals surface area (Å²) in [6, 6.07) is 12.6. The maximum atomic E-state index is 12.3. The monoisotopic (exact) mass is 374 g/mol. The zero-order chi connectivity index (χ0) is 19.0. The summed E-state index contributed by atoms with van der Waals surface area (Å²) in [5.74, 6) is 0.800. The van der Waals surface area contributed by atoms with Gasteiger partial charge in [-0.1, -0.05) is 37.5 Å². The Morgan fingerprint density at radius 1 is 1.08 bits per heavy atom. The number of benzene rings is 2. The van der Waals surface area contributed by atoms with Gasteiger partial charge in [0, 0.05) is 0 Å². The summed E-state index contributed by atoms with van der Waals surface area (Å²) >= 11 is 0. The fraction of sp³-hybridized carbons (Fsp3) is 0.350. The van der Waals surface area contributed by atoms with Gasteiger partial charge in [0.2, 0.25) is 0 Å². The zero-order valence-corrected chi connectivity index (χ0v) is 16.3. The van der Waals surface area contributed by atoms with Gasteiger partial charge in [0.15, 0.2) is 0 Å². The fourth-order valence-electron chi connectivity index (χ4n) is 2.51. The van der Waals surface area contributed by atoms with Crippen molar-refractivity contribution >= 4 is 16.2 Å². The summed E-state index contributed by atoms with van der Waals surface area (Å²) in [6.45, 7) is 6.55. The predicted molar refractivity (Wildman–Crippen MR) is 105 cm³/mol. The van der Waals surface area contributed by atoms with E-state index in [1.165, 1.54) is 6.21 Å². The molecule has 0 amide bonds. The molecule has 26 heavy (non-hydrogen) atoms. The Labute approximate surface area is 156 Å². The van der Waals surface area contributed by atoms with Crippen LogP contribution in [0.4, 0.5) is 0 Å². The van der Waals surface area contributed by atoms with E-state index in [1.54, 1.807) is 19.1 Å². The normalized spacial score (nSPS) is 11.7. The molecule has 0 aliphatic rings. The minimum Gasteiger partial charge on any atom is -0.494 e. The summed E-state index contributed by atoms with van der Waals surface area (Å²) < 4.78 is 30.3. The molecule has 0 radical (unpaired) electrons. The van der Waals surface area contributed by atoms with E-state index < -0.39 is 10.0 Å². The van der Waals surface area contributed by atoms with Crippen molar-refractivity contribution in [3.8, 4) is 5.75 Å². The number of unbranched alkanes of at least 4 members (excludes halogenated alkanes) is 2. The molecule has 0 saturated carbocycles. The van der Waals surface area contributed by atoms with Crippen LogP contribution in [0.15, 0.2) is 52.5 Å². The van der Waals surface area contributed by atoms with E-state index in [4.69, 9.17) is 4.74 Å². The molecule has 0 aliphatic carbocycles. The van der Waals surface area contributed by atoms with Crippen molar-refractivity contribution in [3.05, 3.63) is 59.2 Å². The van der Waals surface area contributed by atoms with Crippen LogP contribution in [0.1, 0.15) is 42.9 Å². The quantitative estimate of drug-likeness (QED) is 0.407. The van der Waals surface area contributed by atoms with Crippen molar-refractivity contribution in [1.29, 1.82) is 0 Å². The van der Waals surface area contributed by atoms with Crippen molar-refractivity contribution in [2.45, 2.75) is 44.9 Å². The fourth-order valence-corrected chi connectivity index (χ4v) is 3.53. The Kier molecular flexibility index (Phi) is 7.21. The van der Waals surface area contributed by atoms with Gasteiger partial charge in [-0.25, -0.2) is 4.83 Å². The largest absolute Gasteiger partial charge is 0.494 e. The highest BCUT2D eigenvalue weighted by Crippen LogP contribution is 2.16. The first kappa shape index (κ1) is 20.0. The Balaban J connectivity index is 1.95. The van der Waals surface area contributed by atoms with Gasteiger partial charge in [-0.05, 0) is 61.7 Å². The van der Waals surface area contributed by atoms with Crippen LogP contribution in [0.3, 0.4) is 0 Å². The lowest BCUT2D eigenvalue weighted by Crippen LogP contribution is -2.19. The maximum Gasteiger partial charge on any atom is 0.276 e. The Morgan fingerprint density at radius 2 is 1.81 bits per heavy atom. The number of hydrazone groups is 1. The van der Waals surface area contributed by atoms with Crippen molar-refractivity contribution in [2.75, 3.05) is 6.61 Å². The molecular formula is C20H26N2O3S. The highest BCUT2D eigenvalue weighted by molar-refractivity contribution is 7.89. The van der Waals surface area contributed by atoms with Crippen molar-refractivity contribution in [1.82, 2.24) is 4.83 Å². The second-order valence-corrected chi connectivity index (χ2v) is 7.88. The summed E-state index contributed by atoms with van der Waals surface area (Å²) in [5.41, 5.74) is 2.49. The molecule has 0 fully saturated rings. The van der Waals surface area contributed by atoms with Crippen molar-refractivity contribution < 1.29 is 13.2 Å². The number of aryl methyl sites for hydroxylation is 2. The summed E-state index contributed by atoms with van der Waals surface area (Å²) in [5, 5.41) is 3.87. The smallest absolute Gasteiger partial charge is 0.276 e. The summed E-state index contributed by atoms with van der Waals surface area (Å²) in [7, 11) is -3.68. The SMILES string of the molecule is CCCCCOc1ccc(/C=N/NS(=O)(=O)c2ccc(C)cc2C)cc1.